The number of nitrogens with zero attached hydrogens (tertiary/aromatic N) is 2. The monoisotopic (exact) mass is 349 g/mol. The molecule has 3 rings (SSSR count). The van der Waals surface area contributed by atoms with Crippen LogP contribution in [0, 0.1) is 11.3 Å². The molecule has 0 saturated heterocycles. The van der Waals surface area contributed by atoms with Crippen molar-refractivity contribution in [3.63, 3.8) is 0 Å². The number of halogens is 1. The van der Waals surface area contributed by atoms with Crippen LogP contribution in [-0.2, 0) is 0 Å². The summed E-state index contributed by atoms with van der Waals surface area (Å²) in [7, 11) is 0. The fraction of sp³-hybridized carbons (Fsp3) is 0. The molecule has 2 aromatic carbocycles. The van der Waals surface area contributed by atoms with E-state index >= 15 is 0 Å². The summed E-state index contributed by atoms with van der Waals surface area (Å²) >= 11 is 5.91. The number of anilines is 1. The van der Waals surface area contributed by atoms with E-state index in [2.05, 4.69) is 10.3 Å². The van der Waals surface area contributed by atoms with Crippen LogP contribution < -0.4 is 10.1 Å². The molecule has 0 saturated carbocycles. The minimum atomic E-state index is -0.329. The summed E-state index contributed by atoms with van der Waals surface area (Å²) in [5.41, 5.74) is 1.23. The first-order valence-corrected chi connectivity index (χ1v) is 7.72. The number of benzene rings is 2. The third-order valence-corrected chi connectivity index (χ3v) is 3.49. The van der Waals surface area contributed by atoms with Gasteiger partial charge in [0.1, 0.15) is 11.5 Å². The van der Waals surface area contributed by atoms with Gasteiger partial charge >= 0.3 is 0 Å². The number of pyridine rings is 1. The first-order valence-electron chi connectivity index (χ1n) is 7.34. The lowest BCUT2D eigenvalue weighted by Gasteiger charge is -2.10. The van der Waals surface area contributed by atoms with E-state index in [4.69, 9.17) is 16.3 Å². The number of hydrogen-bond acceptors (Lipinski definition) is 4. The number of carbonyl (C=O) groups excluding carboxylic acids is 1. The van der Waals surface area contributed by atoms with E-state index in [1.807, 2.05) is 6.07 Å². The Morgan fingerprint density at radius 2 is 2.00 bits per heavy atom. The highest BCUT2D eigenvalue weighted by Crippen LogP contribution is 2.26. The minimum Gasteiger partial charge on any atom is -0.456 e. The van der Waals surface area contributed by atoms with E-state index in [1.54, 1.807) is 67.0 Å². The van der Waals surface area contributed by atoms with Crippen LogP contribution in [0.4, 0.5) is 5.69 Å². The van der Waals surface area contributed by atoms with Gasteiger partial charge in [0.25, 0.3) is 5.91 Å². The Balaban J connectivity index is 1.85. The number of hydrogen-bond donors (Lipinski definition) is 1. The molecule has 0 fully saturated rings. The summed E-state index contributed by atoms with van der Waals surface area (Å²) < 4.78 is 5.68. The summed E-state index contributed by atoms with van der Waals surface area (Å²) in [4.78, 5) is 16.3. The molecule has 0 aliphatic rings. The number of ether oxygens (including phenoxy) is 1. The van der Waals surface area contributed by atoms with Gasteiger partial charge in [-0.25, -0.2) is 0 Å². The Hall–Kier alpha value is -3.36. The van der Waals surface area contributed by atoms with Crippen LogP contribution in [0.2, 0.25) is 5.02 Å². The van der Waals surface area contributed by atoms with Crippen LogP contribution in [0.15, 0.2) is 67.0 Å². The highest BCUT2D eigenvalue weighted by Gasteiger charge is 2.09. The second kappa shape index (κ2) is 7.47. The molecule has 1 amide bonds. The quantitative estimate of drug-likeness (QED) is 0.743. The third kappa shape index (κ3) is 4.34. The van der Waals surface area contributed by atoms with Gasteiger partial charge in [0.05, 0.1) is 17.8 Å². The normalized spacial score (nSPS) is 9.92. The van der Waals surface area contributed by atoms with Crippen molar-refractivity contribution in [3.8, 4) is 17.6 Å². The van der Waals surface area contributed by atoms with Crippen molar-refractivity contribution in [2.45, 2.75) is 0 Å². The molecule has 0 aliphatic heterocycles. The zero-order chi connectivity index (χ0) is 17.6. The molecule has 0 spiro atoms. The predicted molar refractivity (Wildman–Crippen MR) is 94.9 cm³/mol. The van der Waals surface area contributed by atoms with Crippen LogP contribution in [-0.4, -0.2) is 10.9 Å². The van der Waals surface area contributed by atoms with E-state index in [0.29, 0.717) is 33.3 Å². The Labute approximate surface area is 149 Å². The fourth-order valence-corrected chi connectivity index (χ4v) is 2.36. The SMILES string of the molecule is N#Cc1cc(NC(=O)c2cccc(Cl)c2)cc(Oc2cccnc2)c1. The lowest BCUT2D eigenvalue weighted by molar-refractivity contribution is 0.102. The second-order valence-electron chi connectivity index (χ2n) is 5.11. The maximum Gasteiger partial charge on any atom is 0.255 e. The van der Waals surface area contributed by atoms with Crippen LogP contribution in [0.5, 0.6) is 11.5 Å². The van der Waals surface area contributed by atoms with E-state index in [1.165, 1.54) is 0 Å². The fourth-order valence-electron chi connectivity index (χ4n) is 2.17. The number of amides is 1. The Morgan fingerprint density at radius 3 is 2.72 bits per heavy atom. The summed E-state index contributed by atoms with van der Waals surface area (Å²) in [6.45, 7) is 0. The molecule has 0 radical (unpaired) electrons. The molecule has 5 nitrogen and oxygen atoms in total. The molecular weight excluding hydrogens is 338 g/mol. The average Bonchev–Trinajstić information content (AvgIpc) is 2.62. The summed E-state index contributed by atoms with van der Waals surface area (Å²) in [5, 5.41) is 12.4. The summed E-state index contributed by atoms with van der Waals surface area (Å²) in [6, 6.07) is 16.9. The maximum absolute atomic E-state index is 12.3. The predicted octanol–water partition coefficient (Wildman–Crippen LogP) is 4.65. The van der Waals surface area contributed by atoms with Gasteiger partial charge in [-0.15, -0.1) is 0 Å². The number of nitrogens with one attached hydrogen (secondary N) is 1. The molecule has 1 heterocycles. The Morgan fingerprint density at radius 1 is 1.12 bits per heavy atom. The average molecular weight is 350 g/mol. The first-order chi connectivity index (χ1) is 12.1. The van der Waals surface area contributed by atoms with Gasteiger partial charge in [0, 0.05) is 28.5 Å². The molecule has 0 atom stereocenters. The van der Waals surface area contributed by atoms with Crippen molar-refractivity contribution < 1.29 is 9.53 Å². The lowest BCUT2D eigenvalue weighted by atomic mass is 10.1. The Kier molecular flexibility index (Phi) is 4.93. The molecule has 0 bridgehead atoms. The van der Waals surface area contributed by atoms with Gasteiger partial charge in [0.2, 0.25) is 0 Å². The maximum atomic E-state index is 12.3. The number of nitriles is 1. The highest BCUT2D eigenvalue weighted by molar-refractivity contribution is 6.31. The third-order valence-electron chi connectivity index (χ3n) is 3.25. The van der Waals surface area contributed by atoms with Crippen molar-refractivity contribution >= 4 is 23.2 Å². The summed E-state index contributed by atoms with van der Waals surface area (Å²) in [5.74, 6) is 0.628. The van der Waals surface area contributed by atoms with Crippen LogP contribution in [0.3, 0.4) is 0 Å². The molecule has 6 heteroatoms. The second-order valence-corrected chi connectivity index (χ2v) is 5.55. The van der Waals surface area contributed by atoms with Gasteiger partial charge in [-0.2, -0.15) is 5.26 Å². The Bertz CT molecular complexity index is 952. The van der Waals surface area contributed by atoms with Gasteiger partial charge in [-0.3, -0.25) is 9.78 Å². The first kappa shape index (κ1) is 16.5. The van der Waals surface area contributed by atoms with Crippen molar-refractivity contribution in [2.75, 3.05) is 5.32 Å². The molecule has 0 aliphatic carbocycles. The molecule has 122 valence electrons. The van der Waals surface area contributed by atoms with Crippen molar-refractivity contribution in [2.24, 2.45) is 0 Å². The van der Waals surface area contributed by atoms with Crippen molar-refractivity contribution in [1.82, 2.24) is 4.98 Å². The van der Waals surface area contributed by atoms with Gasteiger partial charge < -0.3 is 10.1 Å². The molecule has 0 unspecified atom stereocenters. The van der Waals surface area contributed by atoms with E-state index < -0.39 is 0 Å². The molecule has 1 N–H and O–H groups in total. The van der Waals surface area contributed by atoms with Gasteiger partial charge in [-0.1, -0.05) is 17.7 Å². The van der Waals surface area contributed by atoms with Crippen molar-refractivity contribution in [1.29, 1.82) is 5.26 Å². The van der Waals surface area contributed by atoms with E-state index in [-0.39, 0.29) is 5.91 Å². The molecule has 3 aromatic rings. The van der Waals surface area contributed by atoms with Crippen LogP contribution >= 0.6 is 11.6 Å². The van der Waals surface area contributed by atoms with Crippen LogP contribution in [0.1, 0.15) is 15.9 Å². The molecular formula is C19H12ClN3O2. The molecule has 25 heavy (non-hydrogen) atoms. The van der Waals surface area contributed by atoms with E-state index in [0.717, 1.165) is 0 Å². The van der Waals surface area contributed by atoms with Crippen LogP contribution in [0.25, 0.3) is 0 Å². The minimum absolute atomic E-state index is 0.329. The number of rotatable bonds is 4. The van der Waals surface area contributed by atoms with Gasteiger partial charge in [0.15, 0.2) is 0 Å². The van der Waals surface area contributed by atoms with Crippen molar-refractivity contribution in [3.05, 3.63) is 83.1 Å². The highest BCUT2D eigenvalue weighted by atomic mass is 35.5. The largest absolute Gasteiger partial charge is 0.456 e. The smallest absolute Gasteiger partial charge is 0.255 e. The number of aromatic nitrogens is 1. The summed E-state index contributed by atoms with van der Waals surface area (Å²) in [6.07, 6.45) is 3.19. The lowest BCUT2D eigenvalue weighted by Crippen LogP contribution is -2.12. The standard InChI is InChI=1S/C19H12ClN3O2/c20-15-4-1-3-14(9-15)19(24)23-16-7-13(11-21)8-18(10-16)25-17-5-2-6-22-12-17/h1-10,12H,(H,23,24). The van der Waals surface area contributed by atoms with E-state index in [9.17, 15) is 10.1 Å². The topological polar surface area (TPSA) is 75.0 Å². The zero-order valence-corrected chi connectivity index (χ0v) is 13.7. The zero-order valence-electron chi connectivity index (χ0n) is 12.9. The molecule has 1 aromatic heterocycles. The van der Waals surface area contributed by atoms with Gasteiger partial charge in [-0.05, 0) is 42.5 Å². The number of carbonyl (C=O) groups is 1.